The molecule has 0 aromatic heterocycles. The third-order valence-corrected chi connectivity index (χ3v) is 5.85. The average Bonchev–Trinajstić information content (AvgIpc) is 3.28. The summed E-state index contributed by atoms with van der Waals surface area (Å²) in [6, 6.07) is 14.5. The highest BCUT2D eigenvalue weighted by molar-refractivity contribution is 6.01. The summed E-state index contributed by atoms with van der Waals surface area (Å²) in [5, 5.41) is 3.07. The van der Waals surface area contributed by atoms with Gasteiger partial charge in [0.25, 0.3) is 5.91 Å². The SMILES string of the molecule is COc1ccc([C@@H]2[C@@H](C(=O)NC[C@@H]3CCCO3)c3ccccc3C(=O)N2C)cc1. The number of hydrogen-bond donors (Lipinski definition) is 1. The fraction of sp³-hybridized carbons (Fsp3) is 0.391. The summed E-state index contributed by atoms with van der Waals surface area (Å²) in [5.41, 5.74) is 2.24. The molecule has 2 heterocycles. The minimum Gasteiger partial charge on any atom is -0.497 e. The molecule has 0 unspecified atom stereocenters. The van der Waals surface area contributed by atoms with Gasteiger partial charge in [0.05, 0.1) is 25.2 Å². The van der Waals surface area contributed by atoms with Crippen LogP contribution in [0, 0.1) is 0 Å². The highest BCUT2D eigenvalue weighted by Gasteiger charge is 2.42. The molecule has 6 nitrogen and oxygen atoms in total. The fourth-order valence-electron chi connectivity index (χ4n) is 4.30. The Morgan fingerprint density at radius 1 is 1.21 bits per heavy atom. The molecular formula is C23H26N2O4. The summed E-state index contributed by atoms with van der Waals surface area (Å²) in [4.78, 5) is 28.0. The largest absolute Gasteiger partial charge is 0.497 e. The molecule has 2 aliphatic heterocycles. The lowest BCUT2D eigenvalue weighted by atomic mass is 9.79. The van der Waals surface area contributed by atoms with Gasteiger partial charge in [-0.25, -0.2) is 0 Å². The van der Waals surface area contributed by atoms with E-state index in [4.69, 9.17) is 9.47 Å². The van der Waals surface area contributed by atoms with Crippen LogP contribution < -0.4 is 10.1 Å². The van der Waals surface area contributed by atoms with Gasteiger partial charge >= 0.3 is 0 Å². The number of methoxy groups -OCH3 is 1. The number of amides is 2. The van der Waals surface area contributed by atoms with Gasteiger partial charge in [0.15, 0.2) is 0 Å². The Kier molecular flexibility index (Phi) is 5.53. The van der Waals surface area contributed by atoms with E-state index in [0.717, 1.165) is 36.3 Å². The maximum atomic E-state index is 13.3. The molecule has 1 N–H and O–H groups in total. The maximum absolute atomic E-state index is 13.3. The Morgan fingerprint density at radius 2 is 1.97 bits per heavy atom. The van der Waals surface area contributed by atoms with E-state index in [1.165, 1.54) is 0 Å². The number of hydrogen-bond acceptors (Lipinski definition) is 4. The van der Waals surface area contributed by atoms with Crippen molar-refractivity contribution in [2.45, 2.75) is 30.9 Å². The number of benzene rings is 2. The first-order valence-electron chi connectivity index (χ1n) is 9.99. The Hall–Kier alpha value is -2.86. The predicted octanol–water partition coefficient (Wildman–Crippen LogP) is 2.90. The van der Waals surface area contributed by atoms with Gasteiger partial charge in [-0.15, -0.1) is 0 Å². The Labute approximate surface area is 170 Å². The number of carbonyl (C=O) groups excluding carboxylic acids is 2. The summed E-state index contributed by atoms with van der Waals surface area (Å²) in [6.45, 7) is 1.24. The van der Waals surface area contributed by atoms with Gasteiger partial charge in [0.1, 0.15) is 5.75 Å². The number of nitrogens with one attached hydrogen (secondary N) is 1. The first-order chi connectivity index (χ1) is 14.1. The molecule has 1 fully saturated rings. The Bertz CT molecular complexity index is 890. The van der Waals surface area contributed by atoms with E-state index in [-0.39, 0.29) is 17.9 Å². The molecule has 0 aliphatic carbocycles. The van der Waals surface area contributed by atoms with Crippen LogP contribution in [0.25, 0.3) is 0 Å². The Balaban J connectivity index is 1.69. The normalized spacial score (nSPS) is 23.6. The monoisotopic (exact) mass is 394 g/mol. The van der Waals surface area contributed by atoms with Crippen LogP contribution >= 0.6 is 0 Å². The third kappa shape index (κ3) is 3.72. The lowest BCUT2D eigenvalue weighted by Crippen LogP contribution is -2.46. The van der Waals surface area contributed by atoms with Gasteiger partial charge in [0.2, 0.25) is 5.91 Å². The van der Waals surface area contributed by atoms with Gasteiger partial charge in [0, 0.05) is 25.8 Å². The summed E-state index contributed by atoms with van der Waals surface area (Å²) < 4.78 is 10.9. The zero-order valence-electron chi connectivity index (χ0n) is 16.8. The molecule has 0 bridgehead atoms. The number of rotatable bonds is 5. The van der Waals surface area contributed by atoms with Crippen molar-refractivity contribution in [3.8, 4) is 5.75 Å². The van der Waals surface area contributed by atoms with Crippen molar-refractivity contribution < 1.29 is 19.1 Å². The summed E-state index contributed by atoms with van der Waals surface area (Å²) in [5.74, 6) is 0.0692. The van der Waals surface area contributed by atoms with E-state index >= 15 is 0 Å². The van der Waals surface area contributed by atoms with Crippen molar-refractivity contribution in [3.05, 3.63) is 65.2 Å². The number of nitrogens with zero attached hydrogens (tertiary/aromatic N) is 1. The van der Waals surface area contributed by atoms with Crippen molar-refractivity contribution in [1.82, 2.24) is 10.2 Å². The van der Waals surface area contributed by atoms with Crippen molar-refractivity contribution in [3.63, 3.8) is 0 Å². The lowest BCUT2D eigenvalue weighted by molar-refractivity contribution is -0.124. The van der Waals surface area contributed by atoms with E-state index in [9.17, 15) is 9.59 Å². The number of fused-ring (bicyclic) bond motifs is 1. The average molecular weight is 394 g/mol. The van der Waals surface area contributed by atoms with Crippen molar-refractivity contribution >= 4 is 11.8 Å². The lowest BCUT2D eigenvalue weighted by Gasteiger charge is -2.40. The molecule has 2 amide bonds. The molecule has 0 saturated carbocycles. The van der Waals surface area contributed by atoms with Crippen LogP contribution in [-0.4, -0.2) is 50.1 Å². The predicted molar refractivity (Wildman–Crippen MR) is 109 cm³/mol. The van der Waals surface area contributed by atoms with E-state index in [0.29, 0.717) is 12.1 Å². The zero-order valence-corrected chi connectivity index (χ0v) is 16.8. The van der Waals surface area contributed by atoms with Crippen LogP contribution in [0.3, 0.4) is 0 Å². The molecule has 29 heavy (non-hydrogen) atoms. The molecule has 0 radical (unpaired) electrons. The standard InChI is InChI=1S/C23H26N2O4/c1-25-21(15-9-11-16(28-2)12-10-15)20(18-7-3-4-8-19(18)23(25)27)22(26)24-14-17-6-5-13-29-17/h3-4,7-12,17,20-21H,5-6,13-14H2,1-2H3,(H,24,26)/t17-,20-,21+/m0/s1. The first kappa shape index (κ1) is 19.5. The molecule has 2 aromatic carbocycles. The first-order valence-corrected chi connectivity index (χ1v) is 9.99. The third-order valence-electron chi connectivity index (χ3n) is 5.85. The van der Waals surface area contributed by atoms with Crippen LogP contribution in [0.2, 0.25) is 0 Å². The number of ether oxygens (including phenoxy) is 2. The molecule has 4 rings (SSSR count). The van der Waals surface area contributed by atoms with Crippen molar-refractivity contribution in [1.29, 1.82) is 0 Å². The van der Waals surface area contributed by atoms with Crippen LogP contribution in [0.4, 0.5) is 0 Å². The molecule has 2 aromatic rings. The van der Waals surface area contributed by atoms with Gasteiger partial charge in [-0.2, -0.15) is 0 Å². The van der Waals surface area contributed by atoms with Gasteiger partial charge in [-0.05, 0) is 42.2 Å². The van der Waals surface area contributed by atoms with E-state index in [2.05, 4.69) is 5.32 Å². The molecule has 1 saturated heterocycles. The summed E-state index contributed by atoms with van der Waals surface area (Å²) in [7, 11) is 3.37. The minimum atomic E-state index is -0.497. The topological polar surface area (TPSA) is 67.9 Å². The van der Waals surface area contributed by atoms with Crippen molar-refractivity contribution in [2.75, 3.05) is 27.3 Å². The second-order valence-electron chi connectivity index (χ2n) is 7.58. The molecule has 0 spiro atoms. The second kappa shape index (κ2) is 8.25. The number of carbonyl (C=O) groups is 2. The van der Waals surface area contributed by atoms with Crippen LogP contribution in [0.1, 0.15) is 46.3 Å². The van der Waals surface area contributed by atoms with E-state index < -0.39 is 12.0 Å². The molecule has 6 heteroatoms. The zero-order chi connectivity index (χ0) is 20.4. The van der Waals surface area contributed by atoms with E-state index in [1.54, 1.807) is 25.1 Å². The highest BCUT2D eigenvalue weighted by Crippen LogP contribution is 2.42. The highest BCUT2D eigenvalue weighted by atomic mass is 16.5. The van der Waals surface area contributed by atoms with E-state index in [1.807, 2.05) is 42.5 Å². The smallest absolute Gasteiger partial charge is 0.254 e. The maximum Gasteiger partial charge on any atom is 0.254 e. The molecule has 2 aliphatic rings. The van der Waals surface area contributed by atoms with Gasteiger partial charge < -0.3 is 19.7 Å². The minimum absolute atomic E-state index is 0.0663. The quantitative estimate of drug-likeness (QED) is 0.847. The van der Waals surface area contributed by atoms with Gasteiger partial charge in [-0.3, -0.25) is 9.59 Å². The van der Waals surface area contributed by atoms with Crippen LogP contribution in [0.5, 0.6) is 5.75 Å². The number of likely N-dealkylation sites (N-methyl/N-ethyl adjacent to an activating group) is 1. The van der Waals surface area contributed by atoms with Crippen LogP contribution in [0.15, 0.2) is 48.5 Å². The van der Waals surface area contributed by atoms with Crippen molar-refractivity contribution in [2.24, 2.45) is 0 Å². The summed E-state index contributed by atoms with van der Waals surface area (Å²) in [6.07, 6.45) is 2.05. The summed E-state index contributed by atoms with van der Waals surface area (Å²) >= 11 is 0. The Morgan fingerprint density at radius 3 is 2.66 bits per heavy atom. The molecule has 3 atom stereocenters. The fourth-order valence-corrected chi connectivity index (χ4v) is 4.30. The van der Waals surface area contributed by atoms with Crippen LogP contribution in [-0.2, 0) is 9.53 Å². The molecule has 152 valence electrons. The van der Waals surface area contributed by atoms with Gasteiger partial charge in [-0.1, -0.05) is 30.3 Å². The second-order valence-corrected chi connectivity index (χ2v) is 7.58. The molecular weight excluding hydrogens is 368 g/mol.